The second kappa shape index (κ2) is 27.2. The molecule has 4 amide bonds. The number of amides is 4. The second-order valence-electron chi connectivity index (χ2n) is 17.0. The van der Waals surface area contributed by atoms with Gasteiger partial charge in [-0.2, -0.15) is 0 Å². The zero-order chi connectivity index (χ0) is 47.4. The summed E-state index contributed by atoms with van der Waals surface area (Å²) >= 11 is 0. The molecule has 0 bridgehead atoms. The molecule has 1 aromatic rings. The Balaban J connectivity index is 2.31. The van der Waals surface area contributed by atoms with Crippen molar-refractivity contribution in [3.05, 3.63) is 46.3 Å². The maximum atomic E-state index is 14.4. The standard InChI is InChI=1S/C43H75N10O9P/c1-13-30(4)39(52(10)42(57)38(29(2)3)48-43(50(6)7)51(8)9)34(60-11)27-37(55)53-23-17-20-33(53)40(61-12)31(5)41(56)47-36(26-32-18-15-14-16-19-32)63(58,59)28-35(54)45-21-24-62-25-22-46-49-44/h14-16,18-19,29-31,33-34,36,38-40H,13,17,20-28H2,1-12H3,(H,45,54)(H,47,56)(H,58,59)/t30-,31+,33-,34+,36+,38-,39-,40+/m0/s1. The van der Waals surface area contributed by atoms with E-state index in [-0.39, 0.29) is 62.8 Å². The Kier molecular flexibility index (Phi) is 23.7. The highest BCUT2D eigenvalue weighted by Crippen LogP contribution is 2.46. The number of likely N-dealkylation sites (tertiary alicyclic amines) is 1. The minimum Gasteiger partial charge on any atom is -0.379 e. The first-order chi connectivity index (χ1) is 29.7. The first-order valence-corrected chi connectivity index (χ1v) is 23.7. The molecule has 19 nitrogen and oxygen atoms in total. The van der Waals surface area contributed by atoms with Crippen molar-refractivity contribution in [2.45, 2.75) is 103 Å². The molecule has 1 aromatic carbocycles. The van der Waals surface area contributed by atoms with Crippen LogP contribution in [0, 0.1) is 17.8 Å². The first-order valence-electron chi connectivity index (χ1n) is 21.8. The van der Waals surface area contributed by atoms with Gasteiger partial charge in [-0.1, -0.05) is 76.5 Å². The van der Waals surface area contributed by atoms with E-state index in [1.165, 1.54) is 7.11 Å². The second-order valence-corrected chi connectivity index (χ2v) is 19.5. The first kappa shape index (κ1) is 54.9. The van der Waals surface area contributed by atoms with Gasteiger partial charge in [0, 0.05) is 80.4 Å². The normalized spacial score (nSPS) is 18.1. The number of aliphatic imine (C=N–C) groups is 1. The van der Waals surface area contributed by atoms with E-state index >= 15 is 0 Å². The minimum absolute atomic E-state index is 0.0159. The molecule has 356 valence electrons. The van der Waals surface area contributed by atoms with E-state index in [0.29, 0.717) is 30.9 Å². The van der Waals surface area contributed by atoms with Crippen LogP contribution in [-0.2, 0) is 44.4 Å². The lowest BCUT2D eigenvalue weighted by molar-refractivity contribution is -0.146. The number of carbonyl (C=O) groups is 4. The number of benzene rings is 1. The van der Waals surface area contributed by atoms with E-state index in [4.69, 9.17) is 24.7 Å². The third kappa shape index (κ3) is 16.7. The number of ether oxygens (including phenoxy) is 3. The molecule has 0 aromatic heterocycles. The Hall–Kier alpha value is -4.25. The number of hydrogen-bond donors (Lipinski definition) is 3. The molecule has 2 rings (SSSR count). The molecule has 0 spiro atoms. The van der Waals surface area contributed by atoms with Gasteiger partial charge >= 0.3 is 0 Å². The van der Waals surface area contributed by atoms with Crippen LogP contribution in [0.2, 0.25) is 0 Å². The molecular formula is C43H75N10O9P. The van der Waals surface area contributed by atoms with Crippen molar-refractivity contribution in [1.82, 2.24) is 30.2 Å². The highest BCUT2D eigenvalue weighted by atomic mass is 31.2. The summed E-state index contributed by atoms with van der Waals surface area (Å²) < 4.78 is 31.2. The molecule has 0 saturated carbocycles. The molecule has 1 fully saturated rings. The SMILES string of the molecule is CC[C@H](C)[C@@H]([C@@H](CC(=O)N1CCC[C@H]1[C@H](OC)[C@@H](C)C(=O)N[C@@H](Cc1ccccc1)P(=O)(O)CC(=O)NCCOCCN=[N+]=[N-])OC)N(C)C(=O)[C@@H](N=C(N(C)C)N(C)C)C(C)C. The number of rotatable bonds is 26. The van der Waals surface area contributed by atoms with Crippen molar-refractivity contribution < 1.29 is 42.8 Å². The van der Waals surface area contributed by atoms with Crippen LogP contribution in [0.1, 0.15) is 65.9 Å². The summed E-state index contributed by atoms with van der Waals surface area (Å²) in [5.41, 5.74) is 9.06. The average Bonchev–Trinajstić information content (AvgIpc) is 3.72. The average molecular weight is 907 g/mol. The van der Waals surface area contributed by atoms with Crippen molar-refractivity contribution in [3.63, 3.8) is 0 Å². The monoisotopic (exact) mass is 907 g/mol. The number of methoxy groups -OCH3 is 2. The predicted molar refractivity (Wildman–Crippen MR) is 244 cm³/mol. The lowest BCUT2D eigenvalue weighted by Gasteiger charge is -2.40. The summed E-state index contributed by atoms with van der Waals surface area (Å²) in [7, 11) is 7.93. The van der Waals surface area contributed by atoms with Crippen molar-refractivity contribution in [1.29, 1.82) is 0 Å². The molecule has 1 aliphatic heterocycles. The van der Waals surface area contributed by atoms with E-state index in [2.05, 4.69) is 20.7 Å². The molecular weight excluding hydrogens is 832 g/mol. The van der Waals surface area contributed by atoms with Crippen molar-refractivity contribution in [3.8, 4) is 0 Å². The van der Waals surface area contributed by atoms with Crippen LogP contribution in [0.25, 0.3) is 10.4 Å². The summed E-state index contributed by atoms with van der Waals surface area (Å²) in [6, 6.07) is 7.27. The Labute approximate surface area is 374 Å². The number of nitrogens with one attached hydrogen (secondary N) is 2. The highest BCUT2D eigenvalue weighted by molar-refractivity contribution is 7.59. The Morgan fingerprint density at radius 1 is 1.02 bits per heavy atom. The highest BCUT2D eigenvalue weighted by Gasteiger charge is 2.44. The molecule has 0 radical (unpaired) electrons. The van der Waals surface area contributed by atoms with Crippen LogP contribution in [-0.4, -0.2) is 179 Å². The van der Waals surface area contributed by atoms with Crippen LogP contribution < -0.4 is 10.6 Å². The molecule has 20 heteroatoms. The Morgan fingerprint density at radius 3 is 2.22 bits per heavy atom. The van der Waals surface area contributed by atoms with Gasteiger partial charge < -0.3 is 49.3 Å². The smallest absolute Gasteiger partial charge is 0.247 e. The lowest BCUT2D eigenvalue weighted by atomic mass is 9.89. The van der Waals surface area contributed by atoms with Crippen molar-refractivity contribution in [2.75, 3.05) is 88.5 Å². The quantitative estimate of drug-likeness (QED) is 0.0230. The topological polar surface area (TPSA) is 231 Å². The van der Waals surface area contributed by atoms with Gasteiger partial charge in [-0.05, 0) is 35.8 Å². The van der Waals surface area contributed by atoms with Crippen molar-refractivity contribution in [2.24, 2.45) is 27.9 Å². The van der Waals surface area contributed by atoms with Crippen LogP contribution in [0.5, 0.6) is 0 Å². The molecule has 1 heterocycles. The van der Waals surface area contributed by atoms with Gasteiger partial charge in [0.1, 0.15) is 18.0 Å². The van der Waals surface area contributed by atoms with E-state index in [0.717, 1.165) is 6.42 Å². The molecule has 63 heavy (non-hydrogen) atoms. The van der Waals surface area contributed by atoms with E-state index < -0.39 is 67.4 Å². The summed E-state index contributed by atoms with van der Waals surface area (Å²) in [4.78, 5) is 81.6. The van der Waals surface area contributed by atoms with E-state index in [9.17, 15) is 28.6 Å². The number of hydrogen-bond acceptors (Lipinski definition) is 10. The van der Waals surface area contributed by atoms with Crippen LogP contribution >= 0.6 is 7.37 Å². The van der Waals surface area contributed by atoms with Gasteiger partial charge in [0.15, 0.2) is 5.96 Å². The number of carbonyl (C=O) groups excluding carboxylic acids is 4. The summed E-state index contributed by atoms with van der Waals surface area (Å²) in [5, 5.41) is 8.71. The van der Waals surface area contributed by atoms with Gasteiger partial charge in [-0.3, -0.25) is 23.7 Å². The van der Waals surface area contributed by atoms with Gasteiger partial charge in [0.25, 0.3) is 0 Å². The molecule has 0 aliphatic carbocycles. The van der Waals surface area contributed by atoms with Gasteiger partial charge in [0.2, 0.25) is 31.0 Å². The van der Waals surface area contributed by atoms with Crippen LogP contribution in [0.3, 0.4) is 0 Å². The Morgan fingerprint density at radius 2 is 1.67 bits per heavy atom. The fourth-order valence-electron chi connectivity index (χ4n) is 8.07. The van der Waals surface area contributed by atoms with Gasteiger partial charge in [-0.25, -0.2) is 4.99 Å². The molecule has 1 saturated heterocycles. The lowest BCUT2D eigenvalue weighted by Crippen LogP contribution is -2.55. The van der Waals surface area contributed by atoms with Gasteiger partial charge in [-0.15, -0.1) is 0 Å². The molecule has 1 unspecified atom stereocenters. The summed E-state index contributed by atoms with van der Waals surface area (Å²) in [5.74, 6) is -3.30. The largest absolute Gasteiger partial charge is 0.379 e. The van der Waals surface area contributed by atoms with Crippen LogP contribution in [0.15, 0.2) is 40.4 Å². The number of azide groups is 1. The molecule has 3 N–H and O–H groups in total. The fraction of sp³-hybridized carbons (Fsp3) is 0.744. The number of nitrogens with zero attached hydrogens (tertiary/aromatic N) is 8. The zero-order valence-corrected chi connectivity index (χ0v) is 40.5. The molecule has 1 aliphatic rings. The van der Waals surface area contributed by atoms with Gasteiger partial charge in [0.05, 0.1) is 49.8 Å². The maximum Gasteiger partial charge on any atom is 0.247 e. The summed E-state index contributed by atoms with van der Waals surface area (Å²) in [6.07, 6.45) is -0.269. The predicted octanol–water partition coefficient (Wildman–Crippen LogP) is 3.81. The minimum atomic E-state index is -4.36. The Bertz CT molecular complexity index is 1720. The third-order valence-corrected chi connectivity index (χ3v) is 13.6. The maximum absolute atomic E-state index is 14.4. The number of likely N-dealkylation sites (N-methyl/N-ethyl adjacent to an activating group) is 1. The van der Waals surface area contributed by atoms with E-state index in [1.54, 1.807) is 61.2 Å². The zero-order valence-electron chi connectivity index (χ0n) is 39.6. The van der Waals surface area contributed by atoms with Crippen LogP contribution in [0.4, 0.5) is 0 Å². The summed E-state index contributed by atoms with van der Waals surface area (Å²) in [6.45, 7) is 10.5. The fourth-order valence-corrected chi connectivity index (χ4v) is 9.64. The third-order valence-electron chi connectivity index (χ3n) is 11.6. The number of guanidine groups is 1. The van der Waals surface area contributed by atoms with Crippen molar-refractivity contribution >= 4 is 37.0 Å². The molecule has 9 atom stereocenters. The van der Waals surface area contributed by atoms with E-state index in [1.807, 2.05) is 65.7 Å².